The molecule has 27 heavy (non-hydrogen) atoms. The highest BCUT2D eigenvalue weighted by atomic mass is 16.2. The van der Waals surface area contributed by atoms with Crippen molar-refractivity contribution in [2.75, 3.05) is 13.1 Å². The first kappa shape index (κ1) is 17.9. The number of carbonyl (C=O) groups excluding carboxylic acids is 1. The smallest absolute Gasteiger partial charge is 0.222 e. The summed E-state index contributed by atoms with van der Waals surface area (Å²) in [6.45, 7) is 1.87. The van der Waals surface area contributed by atoms with Crippen molar-refractivity contribution < 1.29 is 4.79 Å². The van der Waals surface area contributed by atoms with E-state index in [1.54, 1.807) is 0 Å². The van der Waals surface area contributed by atoms with Crippen molar-refractivity contribution in [2.45, 2.75) is 51.4 Å². The Balaban J connectivity index is 1.37. The van der Waals surface area contributed by atoms with Gasteiger partial charge in [-0.3, -0.25) is 4.79 Å². The summed E-state index contributed by atoms with van der Waals surface area (Å²) in [7, 11) is 0. The number of aryl methyl sites for hydroxylation is 1. The molecule has 2 aromatic rings. The molecular formula is C23H27N3O. The normalized spacial score (nSPS) is 17.0. The molecule has 1 aliphatic heterocycles. The third-order valence-electron chi connectivity index (χ3n) is 5.61. The maximum atomic E-state index is 12.2. The summed E-state index contributed by atoms with van der Waals surface area (Å²) in [5.41, 5.74) is 4.74. The second kappa shape index (κ2) is 8.47. The molecule has 0 unspecified atom stereocenters. The van der Waals surface area contributed by atoms with E-state index in [1.807, 2.05) is 17.3 Å². The van der Waals surface area contributed by atoms with Crippen LogP contribution in [-0.2, 0) is 11.2 Å². The standard InChI is InChI=1S/C23H27N3O/c27-22(26-14-4-5-15-26)13-10-18-8-11-20(12-9-18)23-24-16-21(17-25-23)19-6-2-1-3-7-19/h6,8-9,11-12,16-17H,1-5,7,10,13-15H2. The quantitative estimate of drug-likeness (QED) is 0.778. The van der Waals surface area contributed by atoms with Gasteiger partial charge in [0, 0.05) is 43.0 Å². The van der Waals surface area contributed by atoms with E-state index in [-0.39, 0.29) is 5.91 Å². The Bertz CT molecular complexity index is 803. The molecule has 1 aromatic heterocycles. The number of nitrogens with zero attached hydrogens (tertiary/aromatic N) is 3. The predicted octanol–water partition coefficient (Wildman–Crippen LogP) is 4.66. The summed E-state index contributed by atoms with van der Waals surface area (Å²) in [5, 5.41) is 0. The van der Waals surface area contributed by atoms with Crippen molar-refractivity contribution >= 4 is 11.5 Å². The van der Waals surface area contributed by atoms with Crippen molar-refractivity contribution in [3.05, 3.63) is 53.9 Å². The minimum atomic E-state index is 0.285. The molecule has 1 saturated heterocycles. The van der Waals surface area contributed by atoms with Gasteiger partial charge in [0.1, 0.15) is 0 Å². The third-order valence-corrected chi connectivity index (χ3v) is 5.61. The fourth-order valence-corrected chi connectivity index (χ4v) is 3.94. The van der Waals surface area contributed by atoms with Gasteiger partial charge in [-0.2, -0.15) is 0 Å². The Kier molecular flexibility index (Phi) is 5.61. The highest BCUT2D eigenvalue weighted by Crippen LogP contribution is 2.26. The van der Waals surface area contributed by atoms with Crippen LogP contribution in [0.3, 0.4) is 0 Å². The molecule has 1 aliphatic carbocycles. The van der Waals surface area contributed by atoms with Crippen LogP contribution in [0.2, 0.25) is 0 Å². The second-order valence-electron chi connectivity index (χ2n) is 7.56. The molecule has 0 N–H and O–H groups in total. The zero-order valence-corrected chi connectivity index (χ0v) is 15.9. The van der Waals surface area contributed by atoms with Crippen LogP contribution in [0.25, 0.3) is 17.0 Å². The average Bonchev–Trinajstić information content (AvgIpc) is 3.28. The van der Waals surface area contributed by atoms with Gasteiger partial charge in [0.2, 0.25) is 5.91 Å². The number of likely N-dealkylation sites (tertiary alicyclic amines) is 1. The molecule has 2 heterocycles. The minimum absolute atomic E-state index is 0.285. The van der Waals surface area contributed by atoms with Crippen molar-refractivity contribution in [3.8, 4) is 11.4 Å². The monoisotopic (exact) mass is 361 g/mol. The molecule has 1 aromatic carbocycles. The summed E-state index contributed by atoms with van der Waals surface area (Å²) in [6, 6.07) is 8.30. The first-order valence-corrected chi connectivity index (χ1v) is 10.2. The Morgan fingerprint density at radius 1 is 0.926 bits per heavy atom. The minimum Gasteiger partial charge on any atom is -0.343 e. The zero-order chi connectivity index (χ0) is 18.5. The molecule has 0 atom stereocenters. The van der Waals surface area contributed by atoms with Crippen molar-refractivity contribution in [1.82, 2.24) is 14.9 Å². The molecule has 1 fully saturated rings. The van der Waals surface area contributed by atoms with Gasteiger partial charge < -0.3 is 4.90 Å². The van der Waals surface area contributed by atoms with Crippen LogP contribution < -0.4 is 0 Å². The van der Waals surface area contributed by atoms with Gasteiger partial charge in [0.05, 0.1) is 0 Å². The molecule has 4 nitrogen and oxygen atoms in total. The summed E-state index contributed by atoms with van der Waals surface area (Å²) in [4.78, 5) is 23.3. The number of hydrogen-bond acceptors (Lipinski definition) is 3. The molecule has 0 saturated carbocycles. The van der Waals surface area contributed by atoms with Crippen LogP contribution in [0.4, 0.5) is 0 Å². The van der Waals surface area contributed by atoms with Gasteiger partial charge >= 0.3 is 0 Å². The third kappa shape index (κ3) is 4.44. The van der Waals surface area contributed by atoms with Crippen LogP contribution in [0.5, 0.6) is 0 Å². The molecule has 4 heteroatoms. The van der Waals surface area contributed by atoms with E-state index >= 15 is 0 Å². The zero-order valence-electron chi connectivity index (χ0n) is 15.9. The fourth-order valence-electron chi connectivity index (χ4n) is 3.94. The largest absolute Gasteiger partial charge is 0.343 e. The van der Waals surface area contributed by atoms with Crippen LogP contribution in [0.15, 0.2) is 42.7 Å². The number of carbonyl (C=O) groups is 1. The van der Waals surface area contributed by atoms with Gasteiger partial charge in [0.15, 0.2) is 5.82 Å². The van der Waals surface area contributed by atoms with E-state index in [9.17, 15) is 4.79 Å². The van der Waals surface area contributed by atoms with Gasteiger partial charge in [0.25, 0.3) is 0 Å². The van der Waals surface area contributed by atoms with E-state index in [0.29, 0.717) is 6.42 Å². The first-order chi connectivity index (χ1) is 13.3. The van der Waals surface area contributed by atoms with E-state index in [4.69, 9.17) is 0 Å². The number of aromatic nitrogens is 2. The molecule has 2 aliphatic rings. The van der Waals surface area contributed by atoms with E-state index in [2.05, 4.69) is 40.3 Å². The van der Waals surface area contributed by atoms with E-state index < -0.39 is 0 Å². The first-order valence-electron chi connectivity index (χ1n) is 10.2. The van der Waals surface area contributed by atoms with Gasteiger partial charge in [-0.25, -0.2) is 9.97 Å². The van der Waals surface area contributed by atoms with E-state index in [1.165, 1.54) is 30.4 Å². The Hall–Kier alpha value is -2.49. The van der Waals surface area contributed by atoms with Crippen LogP contribution in [-0.4, -0.2) is 33.9 Å². The van der Waals surface area contributed by atoms with Crippen LogP contribution in [0, 0.1) is 0 Å². The van der Waals surface area contributed by atoms with Crippen LogP contribution in [0.1, 0.15) is 56.1 Å². The van der Waals surface area contributed by atoms with Crippen molar-refractivity contribution in [1.29, 1.82) is 0 Å². The Morgan fingerprint density at radius 3 is 2.33 bits per heavy atom. The lowest BCUT2D eigenvalue weighted by atomic mass is 9.95. The number of allylic oxidation sites excluding steroid dienone is 2. The molecule has 4 rings (SSSR count). The lowest BCUT2D eigenvalue weighted by Gasteiger charge is -2.15. The van der Waals surface area contributed by atoms with Gasteiger partial charge in [-0.1, -0.05) is 30.3 Å². The highest BCUT2D eigenvalue weighted by Gasteiger charge is 2.17. The van der Waals surface area contributed by atoms with Gasteiger partial charge in [-0.15, -0.1) is 0 Å². The summed E-state index contributed by atoms with van der Waals surface area (Å²) < 4.78 is 0. The molecule has 140 valence electrons. The average molecular weight is 361 g/mol. The SMILES string of the molecule is O=C(CCc1ccc(-c2ncc(C3=CCCCC3)cn2)cc1)N1CCCC1. The molecule has 0 spiro atoms. The fraction of sp³-hybridized carbons (Fsp3) is 0.435. The lowest BCUT2D eigenvalue weighted by molar-refractivity contribution is -0.130. The maximum Gasteiger partial charge on any atom is 0.222 e. The van der Waals surface area contributed by atoms with Crippen molar-refractivity contribution in [2.24, 2.45) is 0 Å². The summed E-state index contributed by atoms with van der Waals surface area (Å²) >= 11 is 0. The van der Waals surface area contributed by atoms with Crippen molar-refractivity contribution in [3.63, 3.8) is 0 Å². The lowest BCUT2D eigenvalue weighted by Crippen LogP contribution is -2.27. The number of rotatable bonds is 5. The Morgan fingerprint density at radius 2 is 1.67 bits per heavy atom. The predicted molar refractivity (Wildman–Crippen MR) is 108 cm³/mol. The summed E-state index contributed by atoms with van der Waals surface area (Å²) in [5.74, 6) is 1.04. The Labute approximate surface area is 161 Å². The number of hydrogen-bond donors (Lipinski definition) is 0. The molecule has 1 amide bonds. The molecular weight excluding hydrogens is 334 g/mol. The topological polar surface area (TPSA) is 46.1 Å². The summed E-state index contributed by atoms with van der Waals surface area (Å²) in [6.07, 6.45) is 14.8. The highest BCUT2D eigenvalue weighted by molar-refractivity contribution is 5.76. The van der Waals surface area contributed by atoms with Crippen LogP contribution >= 0.6 is 0 Å². The maximum absolute atomic E-state index is 12.2. The molecule has 0 radical (unpaired) electrons. The molecule has 0 bridgehead atoms. The van der Waals surface area contributed by atoms with E-state index in [0.717, 1.165) is 55.7 Å². The number of amides is 1. The van der Waals surface area contributed by atoms with Gasteiger partial charge in [-0.05, 0) is 56.1 Å². The number of benzene rings is 1. The second-order valence-corrected chi connectivity index (χ2v) is 7.56.